The van der Waals surface area contributed by atoms with Gasteiger partial charge in [-0.3, -0.25) is 0 Å². The Kier molecular flexibility index (Phi) is 3.99. The fourth-order valence-corrected chi connectivity index (χ4v) is 3.10. The first-order valence-electron chi connectivity index (χ1n) is 7.73. The van der Waals surface area contributed by atoms with Crippen LogP contribution >= 0.6 is 0 Å². The predicted molar refractivity (Wildman–Crippen MR) is 83.6 cm³/mol. The number of likely N-dealkylation sites (N-methyl/N-ethyl adjacent to an activating group) is 1. The highest BCUT2D eigenvalue weighted by molar-refractivity contribution is 5.45. The molecule has 21 heavy (non-hydrogen) atoms. The fourth-order valence-electron chi connectivity index (χ4n) is 3.10. The van der Waals surface area contributed by atoms with E-state index >= 15 is 0 Å². The van der Waals surface area contributed by atoms with Gasteiger partial charge in [-0.1, -0.05) is 6.92 Å². The Morgan fingerprint density at radius 1 is 1.24 bits per heavy atom. The number of hydrogen-bond acceptors (Lipinski definition) is 6. The molecule has 0 amide bonds. The van der Waals surface area contributed by atoms with Crippen LogP contribution in [-0.4, -0.2) is 61.3 Å². The molecule has 1 unspecified atom stereocenters. The molecule has 2 aliphatic rings. The Labute approximate surface area is 126 Å². The van der Waals surface area contributed by atoms with Gasteiger partial charge in [-0.15, -0.1) is 0 Å². The number of aromatic nitrogens is 2. The molecule has 6 heteroatoms. The Balaban J connectivity index is 1.85. The third-order valence-corrected chi connectivity index (χ3v) is 4.61. The van der Waals surface area contributed by atoms with Crippen LogP contribution in [0.15, 0.2) is 6.07 Å². The zero-order valence-corrected chi connectivity index (χ0v) is 13.0. The van der Waals surface area contributed by atoms with Crippen molar-refractivity contribution in [3.8, 4) is 0 Å². The summed E-state index contributed by atoms with van der Waals surface area (Å²) in [6.07, 6.45) is 2.16. The van der Waals surface area contributed by atoms with Gasteiger partial charge >= 0.3 is 0 Å². The summed E-state index contributed by atoms with van der Waals surface area (Å²) in [5.41, 5.74) is 6.93. The summed E-state index contributed by atoms with van der Waals surface area (Å²) >= 11 is 0. The van der Waals surface area contributed by atoms with E-state index in [2.05, 4.69) is 39.8 Å². The Morgan fingerprint density at radius 3 is 2.67 bits per heavy atom. The lowest BCUT2D eigenvalue weighted by atomic mass is 9.81. The molecule has 3 heterocycles. The maximum atomic E-state index is 5.96. The Morgan fingerprint density at radius 2 is 2.00 bits per heavy atom. The molecule has 0 bridgehead atoms. The standard InChI is InChI=1S/C15H25N5O/c1-15(4-3-9-21-11-15)12-10-13(18-14(16)17-12)20-7-5-19(2)6-8-20/h10H,3-9,11H2,1-2H3,(H2,16,17,18). The molecular weight excluding hydrogens is 266 g/mol. The van der Waals surface area contributed by atoms with Crippen molar-refractivity contribution in [1.82, 2.24) is 14.9 Å². The van der Waals surface area contributed by atoms with E-state index in [1.807, 2.05) is 0 Å². The van der Waals surface area contributed by atoms with Gasteiger partial charge in [0.05, 0.1) is 12.3 Å². The van der Waals surface area contributed by atoms with Crippen molar-refractivity contribution in [2.75, 3.05) is 57.1 Å². The molecule has 0 saturated carbocycles. The minimum atomic E-state index is -0.0450. The molecule has 1 atom stereocenters. The average molecular weight is 291 g/mol. The fraction of sp³-hybridized carbons (Fsp3) is 0.733. The minimum Gasteiger partial charge on any atom is -0.380 e. The molecule has 6 nitrogen and oxygen atoms in total. The van der Waals surface area contributed by atoms with Crippen LogP contribution in [-0.2, 0) is 10.2 Å². The monoisotopic (exact) mass is 291 g/mol. The van der Waals surface area contributed by atoms with Crippen LogP contribution in [0, 0.1) is 0 Å². The van der Waals surface area contributed by atoms with E-state index in [4.69, 9.17) is 10.5 Å². The topological polar surface area (TPSA) is 67.5 Å². The molecule has 0 spiro atoms. The zero-order valence-electron chi connectivity index (χ0n) is 13.0. The van der Waals surface area contributed by atoms with Gasteiger partial charge in [0, 0.05) is 44.3 Å². The zero-order chi connectivity index (χ0) is 14.9. The van der Waals surface area contributed by atoms with Gasteiger partial charge in [-0.25, -0.2) is 4.98 Å². The SMILES string of the molecule is CN1CCN(c2cc(C3(C)CCCOC3)nc(N)n2)CC1. The molecule has 0 radical (unpaired) electrons. The van der Waals surface area contributed by atoms with Crippen molar-refractivity contribution in [3.63, 3.8) is 0 Å². The smallest absolute Gasteiger partial charge is 0.222 e. The summed E-state index contributed by atoms with van der Waals surface area (Å²) in [7, 11) is 2.15. The number of rotatable bonds is 2. The largest absolute Gasteiger partial charge is 0.380 e. The summed E-state index contributed by atoms with van der Waals surface area (Å²) in [4.78, 5) is 13.6. The van der Waals surface area contributed by atoms with E-state index in [1.165, 1.54) is 0 Å². The third-order valence-electron chi connectivity index (χ3n) is 4.61. The van der Waals surface area contributed by atoms with Crippen molar-refractivity contribution in [2.45, 2.75) is 25.2 Å². The molecule has 3 rings (SSSR count). The van der Waals surface area contributed by atoms with Crippen molar-refractivity contribution in [2.24, 2.45) is 0 Å². The first-order valence-corrected chi connectivity index (χ1v) is 7.73. The van der Waals surface area contributed by atoms with E-state index in [-0.39, 0.29) is 5.41 Å². The molecule has 1 aromatic heterocycles. The van der Waals surface area contributed by atoms with Crippen LogP contribution in [0.3, 0.4) is 0 Å². The lowest BCUT2D eigenvalue weighted by Gasteiger charge is -2.35. The van der Waals surface area contributed by atoms with Crippen molar-refractivity contribution in [3.05, 3.63) is 11.8 Å². The second kappa shape index (κ2) is 5.77. The predicted octanol–water partition coefficient (Wildman–Crippen LogP) is 0.879. The number of nitrogens with two attached hydrogens (primary N) is 1. The maximum absolute atomic E-state index is 5.96. The summed E-state index contributed by atoms with van der Waals surface area (Å²) in [6, 6.07) is 2.11. The van der Waals surface area contributed by atoms with Crippen molar-refractivity contribution >= 4 is 11.8 Å². The van der Waals surface area contributed by atoms with Crippen LogP contribution in [0.2, 0.25) is 0 Å². The highest BCUT2D eigenvalue weighted by Gasteiger charge is 2.32. The Hall–Kier alpha value is -1.40. The first kappa shape index (κ1) is 14.5. The van der Waals surface area contributed by atoms with Crippen molar-refractivity contribution < 1.29 is 4.74 Å². The van der Waals surface area contributed by atoms with Gasteiger partial charge in [0.1, 0.15) is 5.82 Å². The van der Waals surface area contributed by atoms with E-state index in [1.54, 1.807) is 0 Å². The van der Waals surface area contributed by atoms with Gasteiger partial charge in [0.25, 0.3) is 0 Å². The van der Waals surface area contributed by atoms with E-state index in [9.17, 15) is 0 Å². The first-order chi connectivity index (χ1) is 10.1. The van der Waals surface area contributed by atoms with Crippen LogP contribution in [0.4, 0.5) is 11.8 Å². The van der Waals surface area contributed by atoms with E-state index in [0.717, 1.165) is 57.1 Å². The van der Waals surface area contributed by atoms with E-state index < -0.39 is 0 Å². The van der Waals surface area contributed by atoms with Crippen LogP contribution in [0.5, 0.6) is 0 Å². The van der Waals surface area contributed by atoms with Gasteiger partial charge in [-0.05, 0) is 19.9 Å². The molecule has 2 saturated heterocycles. The quantitative estimate of drug-likeness (QED) is 0.872. The summed E-state index contributed by atoms with van der Waals surface area (Å²) in [5.74, 6) is 1.32. The summed E-state index contributed by atoms with van der Waals surface area (Å²) in [6.45, 7) is 7.85. The lowest BCUT2D eigenvalue weighted by Crippen LogP contribution is -2.45. The minimum absolute atomic E-state index is 0.0450. The van der Waals surface area contributed by atoms with Gasteiger partial charge in [0.2, 0.25) is 5.95 Å². The molecule has 2 fully saturated rings. The molecule has 2 N–H and O–H groups in total. The lowest BCUT2D eigenvalue weighted by molar-refractivity contribution is 0.0402. The number of nitrogen functional groups attached to an aromatic ring is 1. The Bertz CT molecular complexity index is 493. The molecule has 0 aliphatic carbocycles. The van der Waals surface area contributed by atoms with Gasteiger partial charge in [0.15, 0.2) is 0 Å². The average Bonchev–Trinajstić information content (AvgIpc) is 2.48. The maximum Gasteiger partial charge on any atom is 0.222 e. The van der Waals surface area contributed by atoms with Crippen molar-refractivity contribution in [1.29, 1.82) is 0 Å². The molecule has 1 aromatic rings. The number of anilines is 2. The number of nitrogens with zero attached hydrogens (tertiary/aromatic N) is 4. The number of piperazine rings is 1. The second-order valence-electron chi connectivity index (χ2n) is 6.48. The van der Waals surface area contributed by atoms with Crippen LogP contribution in [0.1, 0.15) is 25.5 Å². The van der Waals surface area contributed by atoms with Gasteiger partial charge in [-0.2, -0.15) is 4.98 Å². The number of hydrogen-bond donors (Lipinski definition) is 1. The molecule has 0 aromatic carbocycles. The summed E-state index contributed by atoms with van der Waals surface area (Å²) < 4.78 is 5.66. The molecule has 2 aliphatic heterocycles. The normalized spacial score (nSPS) is 27.8. The third kappa shape index (κ3) is 3.11. The second-order valence-corrected chi connectivity index (χ2v) is 6.48. The highest BCUT2D eigenvalue weighted by Crippen LogP contribution is 2.33. The summed E-state index contributed by atoms with van der Waals surface area (Å²) in [5, 5.41) is 0. The highest BCUT2D eigenvalue weighted by atomic mass is 16.5. The molecule has 116 valence electrons. The van der Waals surface area contributed by atoms with Crippen LogP contribution in [0.25, 0.3) is 0 Å². The molecular formula is C15H25N5O. The number of ether oxygens (including phenoxy) is 1. The van der Waals surface area contributed by atoms with Crippen LogP contribution < -0.4 is 10.6 Å². The van der Waals surface area contributed by atoms with E-state index in [0.29, 0.717) is 12.6 Å². The van der Waals surface area contributed by atoms with Gasteiger partial charge < -0.3 is 20.3 Å².